The van der Waals surface area contributed by atoms with E-state index in [2.05, 4.69) is 19.2 Å². The minimum Gasteiger partial charge on any atom is -0.360 e. The molecule has 0 aliphatic carbocycles. The van der Waals surface area contributed by atoms with Crippen LogP contribution in [0.2, 0.25) is 0 Å². The number of ether oxygens (including phenoxy) is 1. The highest BCUT2D eigenvalue weighted by Gasteiger charge is 2.27. The summed E-state index contributed by atoms with van der Waals surface area (Å²) >= 11 is 0. The smallest absolute Gasteiger partial charge is 0.116 e. The SMILES string of the molecule is CCCCC1(C)NCCO1. The molecule has 1 unspecified atom stereocenters. The Balaban J connectivity index is 2.22. The fourth-order valence-corrected chi connectivity index (χ4v) is 1.32. The maximum Gasteiger partial charge on any atom is 0.116 e. The van der Waals surface area contributed by atoms with E-state index in [1.807, 2.05) is 0 Å². The first kappa shape index (κ1) is 8.02. The molecule has 0 aromatic heterocycles. The normalized spacial score (nSPS) is 33.0. The first-order valence-corrected chi connectivity index (χ1v) is 4.16. The molecule has 0 amide bonds. The maximum atomic E-state index is 5.53. The number of hydrogen-bond donors (Lipinski definition) is 1. The first-order valence-electron chi connectivity index (χ1n) is 4.16. The fraction of sp³-hybridized carbons (Fsp3) is 1.00. The number of rotatable bonds is 3. The second-order valence-electron chi connectivity index (χ2n) is 3.11. The minimum absolute atomic E-state index is 0.00396. The van der Waals surface area contributed by atoms with Crippen LogP contribution in [0.4, 0.5) is 0 Å². The molecule has 1 fully saturated rings. The largest absolute Gasteiger partial charge is 0.360 e. The van der Waals surface area contributed by atoms with Crippen LogP contribution in [0, 0.1) is 0 Å². The maximum absolute atomic E-state index is 5.53. The van der Waals surface area contributed by atoms with Gasteiger partial charge in [0, 0.05) is 6.54 Å². The van der Waals surface area contributed by atoms with Crippen molar-refractivity contribution in [2.75, 3.05) is 13.2 Å². The Kier molecular flexibility index (Phi) is 2.69. The summed E-state index contributed by atoms with van der Waals surface area (Å²) in [6, 6.07) is 0. The Bertz CT molecular complexity index is 97.4. The van der Waals surface area contributed by atoms with Crippen molar-refractivity contribution in [3.63, 3.8) is 0 Å². The van der Waals surface area contributed by atoms with Crippen LogP contribution in [0.15, 0.2) is 0 Å². The third-order valence-electron chi connectivity index (χ3n) is 2.03. The highest BCUT2D eigenvalue weighted by molar-refractivity contribution is 4.76. The van der Waals surface area contributed by atoms with Gasteiger partial charge in [-0.15, -0.1) is 0 Å². The number of nitrogens with one attached hydrogen (secondary N) is 1. The summed E-state index contributed by atoms with van der Waals surface area (Å²) in [7, 11) is 0. The highest BCUT2D eigenvalue weighted by Crippen LogP contribution is 2.18. The van der Waals surface area contributed by atoms with Crippen LogP contribution in [0.5, 0.6) is 0 Å². The highest BCUT2D eigenvalue weighted by atomic mass is 16.5. The molecule has 10 heavy (non-hydrogen) atoms. The zero-order valence-electron chi connectivity index (χ0n) is 6.94. The van der Waals surface area contributed by atoms with Gasteiger partial charge in [0.15, 0.2) is 0 Å². The molecule has 1 heterocycles. The van der Waals surface area contributed by atoms with Crippen LogP contribution < -0.4 is 5.32 Å². The molecule has 0 aromatic rings. The summed E-state index contributed by atoms with van der Waals surface area (Å²) in [5.41, 5.74) is -0.00396. The predicted molar refractivity (Wildman–Crippen MR) is 41.9 cm³/mol. The Morgan fingerprint density at radius 3 is 2.90 bits per heavy atom. The minimum atomic E-state index is -0.00396. The van der Waals surface area contributed by atoms with E-state index in [-0.39, 0.29) is 5.72 Å². The van der Waals surface area contributed by atoms with Crippen molar-refractivity contribution in [3.05, 3.63) is 0 Å². The van der Waals surface area contributed by atoms with Crippen LogP contribution in [-0.4, -0.2) is 18.9 Å². The number of unbranched alkanes of at least 4 members (excludes halogenated alkanes) is 1. The monoisotopic (exact) mass is 143 g/mol. The van der Waals surface area contributed by atoms with Gasteiger partial charge in [-0.3, -0.25) is 5.32 Å². The van der Waals surface area contributed by atoms with Gasteiger partial charge in [0.1, 0.15) is 5.72 Å². The van der Waals surface area contributed by atoms with Crippen molar-refractivity contribution in [1.29, 1.82) is 0 Å². The molecule has 0 aromatic carbocycles. The Hall–Kier alpha value is -0.0800. The Morgan fingerprint density at radius 2 is 2.40 bits per heavy atom. The molecule has 1 aliphatic heterocycles. The molecule has 1 rings (SSSR count). The van der Waals surface area contributed by atoms with Gasteiger partial charge in [-0.25, -0.2) is 0 Å². The van der Waals surface area contributed by atoms with E-state index in [0.717, 1.165) is 19.6 Å². The summed E-state index contributed by atoms with van der Waals surface area (Å²) in [5, 5.41) is 3.35. The van der Waals surface area contributed by atoms with Gasteiger partial charge in [0.2, 0.25) is 0 Å². The summed E-state index contributed by atoms with van der Waals surface area (Å²) in [6.45, 7) is 6.23. The first-order chi connectivity index (χ1) is 4.77. The van der Waals surface area contributed by atoms with Gasteiger partial charge in [-0.1, -0.05) is 13.3 Å². The molecule has 1 N–H and O–H groups in total. The van der Waals surface area contributed by atoms with Gasteiger partial charge in [-0.2, -0.15) is 0 Å². The van der Waals surface area contributed by atoms with Gasteiger partial charge >= 0.3 is 0 Å². The third kappa shape index (κ3) is 1.96. The van der Waals surface area contributed by atoms with Crippen molar-refractivity contribution >= 4 is 0 Å². The fourth-order valence-electron chi connectivity index (χ4n) is 1.32. The molecule has 1 atom stereocenters. The van der Waals surface area contributed by atoms with E-state index in [0.29, 0.717) is 0 Å². The second-order valence-corrected chi connectivity index (χ2v) is 3.11. The van der Waals surface area contributed by atoms with E-state index < -0.39 is 0 Å². The van der Waals surface area contributed by atoms with Gasteiger partial charge in [-0.05, 0) is 19.8 Å². The van der Waals surface area contributed by atoms with E-state index in [1.54, 1.807) is 0 Å². The molecular formula is C8H17NO. The standard InChI is InChI=1S/C8H17NO/c1-3-4-5-8(2)9-6-7-10-8/h9H,3-7H2,1-2H3. The molecule has 2 nitrogen and oxygen atoms in total. The lowest BCUT2D eigenvalue weighted by atomic mass is 10.1. The molecule has 1 saturated heterocycles. The second kappa shape index (κ2) is 3.35. The van der Waals surface area contributed by atoms with Crippen molar-refractivity contribution in [2.45, 2.75) is 38.8 Å². The molecule has 0 spiro atoms. The quantitative estimate of drug-likeness (QED) is 0.646. The molecular weight excluding hydrogens is 126 g/mol. The Labute approximate surface area is 63.0 Å². The lowest BCUT2D eigenvalue weighted by molar-refractivity contribution is -0.00215. The van der Waals surface area contributed by atoms with E-state index in [9.17, 15) is 0 Å². The van der Waals surface area contributed by atoms with Crippen molar-refractivity contribution in [1.82, 2.24) is 5.32 Å². The predicted octanol–water partition coefficient (Wildman–Crippen LogP) is 1.51. The summed E-state index contributed by atoms with van der Waals surface area (Å²) in [4.78, 5) is 0. The molecule has 60 valence electrons. The average Bonchev–Trinajstić information content (AvgIpc) is 2.33. The topological polar surface area (TPSA) is 21.3 Å². The van der Waals surface area contributed by atoms with Crippen molar-refractivity contribution in [3.8, 4) is 0 Å². The molecule has 2 heteroatoms. The van der Waals surface area contributed by atoms with Crippen LogP contribution >= 0.6 is 0 Å². The van der Waals surface area contributed by atoms with Gasteiger partial charge in [0.25, 0.3) is 0 Å². The summed E-state index contributed by atoms with van der Waals surface area (Å²) in [6.07, 6.45) is 3.65. The van der Waals surface area contributed by atoms with Crippen LogP contribution in [-0.2, 0) is 4.74 Å². The third-order valence-corrected chi connectivity index (χ3v) is 2.03. The molecule has 0 radical (unpaired) electrons. The van der Waals surface area contributed by atoms with E-state index in [4.69, 9.17) is 4.74 Å². The van der Waals surface area contributed by atoms with Crippen molar-refractivity contribution < 1.29 is 4.74 Å². The summed E-state index contributed by atoms with van der Waals surface area (Å²) in [5.74, 6) is 0. The van der Waals surface area contributed by atoms with E-state index in [1.165, 1.54) is 12.8 Å². The van der Waals surface area contributed by atoms with Crippen LogP contribution in [0.25, 0.3) is 0 Å². The lowest BCUT2D eigenvalue weighted by Crippen LogP contribution is -2.37. The van der Waals surface area contributed by atoms with Crippen molar-refractivity contribution in [2.24, 2.45) is 0 Å². The Morgan fingerprint density at radius 1 is 1.60 bits per heavy atom. The van der Waals surface area contributed by atoms with Gasteiger partial charge < -0.3 is 4.74 Å². The van der Waals surface area contributed by atoms with Gasteiger partial charge in [0.05, 0.1) is 6.61 Å². The molecule has 0 bridgehead atoms. The number of hydrogen-bond acceptors (Lipinski definition) is 2. The summed E-state index contributed by atoms with van der Waals surface area (Å²) < 4.78 is 5.53. The molecule has 0 saturated carbocycles. The van der Waals surface area contributed by atoms with Crippen LogP contribution in [0.3, 0.4) is 0 Å². The average molecular weight is 143 g/mol. The van der Waals surface area contributed by atoms with Crippen LogP contribution in [0.1, 0.15) is 33.1 Å². The van der Waals surface area contributed by atoms with E-state index >= 15 is 0 Å². The molecule has 1 aliphatic rings. The zero-order chi connectivity index (χ0) is 7.45. The zero-order valence-corrected chi connectivity index (χ0v) is 6.94. The lowest BCUT2D eigenvalue weighted by Gasteiger charge is -2.22.